The number of para-hydroxylation sites is 1. The lowest BCUT2D eigenvalue weighted by Crippen LogP contribution is -2.62. The molecule has 0 spiro atoms. The van der Waals surface area contributed by atoms with Gasteiger partial charge in [0.15, 0.2) is 35.9 Å². The molecule has 0 aliphatic carbocycles. The van der Waals surface area contributed by atoms with Crippen LogP contribution in [-0.4, -0.2) is 83.3 Å². The molecule has 236 valence electrons. The Morgan fingerprint density at radius 1 is 0.932 bits per heavy atom. The molecule has 44 heavy (non-hydrogen) atoms. The van der Waals surface area contributed by atoms with Gasteiger partial charge in [-0.15, -0.1) is 5.10 Å². The molecule has 0 radical (unpaired) electrons. The first-order chi connectivity index (χ1) is 20.9. The molecular formula is C28H31N3O13. The van der Waals surface area contributed by atoms with Crippen LogP contribution in [0.25, 0.3) is 11.0 Å². The summed E-state index contributed by atoms with van der Waals surface area (Å²) in [7, 11) is 1.48. The Balaban J connectivity index is 1.54. The number of carbonyl (C=O) groups is 4. The van der Waals surface area contributed by atoms with Crippen LogP contribution < -0.4 is 10.4 Å². The molecular weight excluding hydrogens is 586 g/mol. The third kappa shape index (κ3) is 7.96. The first-order valence-corrected chi connectivity index (χ1v) is 13.4. The topological polar surface area (TPSA) is 194 Å². The first kappa shape index (κ1) is 32.1. The number of benzene rings is 1. The summed E-state index contributed by atoms with van der Waals surface area (Å²) in [5, 5.41) is 8.74. The lowest BCUT2D eigenvalue weighted by atomic mass is 9.98. The molecule has 2 aromatic heterocycles. The molecule has 0 saturated carbocycles. The Hall–Kier alpha value is -4.83. The Morgan fingerprint density at radius 3 is 2.27 bits per heavy atom. The van der Waals surface area contributed by atoms with E-state index in [9.17, 15) is 24.0 Å². The van der Waals surface area contributed by atoms with Crippen molar-refractivity contribution in [2.45, 2.75) is 71.6 Å². The zero-order valence-electron chi connectivity index (χ0n) is 24.5. The predicted octanol–water partition coefficient (Wildman–Crippen LogP) is 1.04. The van der Waals surface area contributed by atoms with Gasteiger partial charge in [-0.2, -0.15) is 0 Å². The van der Waals surface area contributed by atoms with E-state index in [4.69, 9.17) is 37.6 Å². The van der Waals surface area contributed by atoms with E-state index < -0.39 is 66.8 Å². The molecule has 0 bridgehead atoms. The van der Waals surface area contributed by atoms with Crippen molar-refractivity contribution in [3.63, 3.8) is 0 Å². The summed E-state index contributed by atoms with van der Waals surface area (Å²) in [5.41, 5.74) is 0.349. The minimum atomic E-state index is -1.39. The molecule has 3 heterocycles. The van der Waals surface area contributed by atoms with Gasteiger partial charge in [0, 0.05) is 33.1 Å². The largest absolute Gasteiger partial charge is 0.493 e. The Morgan fingerprint density at radius 2 is 1.61 bits per heavy atom. The van der Waals surface area contributed by atoms with E-state index in [0.29, 0.717) is 28.0 Å². The highest BCUT2D eigenvalue weighted by Gasteiger charge is 2.52. The van der Waals surface area contributed by atoms with Crippen LogP contribution in [0.4, 0.5) is 0 Å². The van der Waals surface area contributed by atoms with Gasteiger partial charge in [0.25, 0.3) is 0 Å². The van der Waals surface area contributed by atoms with Gasteiger partial charge in [-0.3, -0.25) is 19.2 Å². The average Bonchev–Trinajstić information content (AvgIpc) is 3.40. The van der Waals surface area contributed by atoms with Crippen LogP contribution in [0.3, 0.4) is 0 Å². The molecule has 4 rings (SSSR count). The van der Waals surface area contributed by atoms with E-state index >= 15 is 0 Å². The Labute approximate surface area is 250 Å². The van der Waals surface area contributed by atoms with Crippen LogP contribution in [0.15, 0.2) is 39.7 Å². The van der Waals surface area contributed by atoms with Gasteiger partial charge in [-0.1, -0.05) is 17.3 Å². The number of hydrogen-bond donors (Lipinski definition) is 0. The fourth-order valence-corrected chi connectivity index (χ4v) is 4.58. The quantitative estimate of drug-likeness (QED) is 0.168. The number of rotatable bonds is 11. The highest BCUT2D eigenvalue weighted by atomic mass is 16.7. The smallest absolute Gasteiger partial charge is 0.341 e. The number of fused-ring (bicyclic) bond motifs is 1. The molecule has 5 atom stereocenters. The summed E-state index contributed by atoms with van der Waals surface area (Å²) in [6, 6.07) is 6.89. The molecule has 16 nitrogen and oxygen atoms in total. The third-order valence-corrected chi connectivity index (χ3v) is 6.28. The molecule has 1 fully saturated rings. The van der Waals surface area contributed by atoms with Crippen molar-refractivity contribution in [1.82, 2.24) is 15.0 Å². The molecule has 0 unspecified atom stereocenters. The van der Waals surface area contributed by atoms with E-state index in [1.54, 1.807) is 24.3 Å². The van der Waals surface area contributed by atoms with Gasteiger partial charge in [-0.05, 0) is 12.1 Å². The zero-order valence-corrected chi connectivity index (χ0v) is 24.5. The van der Waals surface area contributed by atoms with E-state index in [-0.39, 0.29) is 13.2 Å². The Kier molecular flexibility index (Phi) is 10.3. The average molecular weight is 618 g/mol. The summed E-state index contributed by atoms with van der Waals surface area (Å²) < 4.78 is 45.0. The number of aromatic nitrogens is 3. The standard InChI is InChI=1S/C28H31N3O13/c1-14(32)38-13-22-24(40-15(2)33)25(41-16(3)34)26(42-17(4)35)28(43-22)39-12-20-11-31(30-29-20)10-19-9-18-7-6-8-21(37-5)23(18)44-27(19)36/h6-9,11,22,24-26,28H,10,12-13H2,1-5H3/t22-,24-,25+,26-,28-/m1/s1. The Bertz CT molecular complexity index is 1580. The zero-order chi connectivity index (χ0) is 32.0. The highest BCUT2D eigenvalue weighted by molar-refractivity contribution is 5.82. The molecule has 3 aromatic rings. The lowest BCUT2D eigenvalue weighted by Gasteiger charge is -2.43. The van der Waals surface area contributed by atoms with Crippen LogP contribution in [0.5, 0.6) is 5.75 Å². The molecule has 1 saturated heterocycles. The van der Waals surface area contributed by atoms with E-state index in [0.717, 1.165) is 20.8 Å². The number of methoxy groups -OCH3 is 1. The number of ether oxygens (including phenoxy) is 7. The predicted molar refractivity (Wildman–Crippen MR) is 145 cm³/mol. The minimum absolute atomic E-state index is 0.0293. The van der Waals surface area contributed by atoms with Crippen molar-refractivity contribution >= 4 is 34.8 Å². The number of carbonyl (C=O) groups excluding carboxylic acids is 4. The maximum absolute atomic E-state index is 12.6. The van der Waals surface area contributed by atoms with Gasteiger partial charge < -0.3 is 37.6 Å². The molecule has 16 heteroatoms. The van der Waals surface area contributed by atoms with Crippen molar-refractivity contribution < 1.29 is 56.8 Å². The van der Waals surface area contributed by atoms with Gasteiger partial charge >= 0.3 is 29.5 Å². The van der Waals surface area contributed by atoms with E-state index in [2.05, 4.69) is 10.3 Å². The van der Waals surface area contributed by atoms with Crippen LogP contribution in [0.1, 0.15) is 39.0 Å². The number of hydrogen-bond acceptors (Lipinski definition) is 15. The van der Waals surface area contributed by atoms with Crippen LogP contribution in [-0.2, 0) is 60.8 Å². The second-order valence-corrected chi connectivity index (χ2v) is 9.72. The van der Waals surface area contributed by atoms with Crippen LogP contribution in [0, 0.1) is 0 Å². The molecule has 1 aliphatic heterocycles. The minimum Gasteiger partial charge on any atom is -0.493 e. The molecule has 0 N–H and O–H groups in total. The van der Waals surface area contributed by atoms with Gasteiger partial charge in [0.05, 0.1) is 32.0 Å². The SMILES string of the molecule is COc1cccc2cc(Cn3cc(CO[C@@H]4O[C@H](COC(C)=O)[C@@H](OC(C)=O)[C@H](OC(C)=O)[C@H]4OC(C)=O)nn3)c(=O)oc12. The van der Waals surface area contributed by atoms with E-state index in [1.807, 2.05) is 0 Å². The van der Waals surface area contributed by atoms with Gasteiger partial charge in [-0.25, -0.2) is 9.48 Å². The highest BCUT2D eigenvalue weighted by Crippen LogP contribution is 2.30. The summed E-state index contributed by atoms with van der Waals surface area (Å²) in [6.07, 6.45) is -5.10. The normalized spacial score (nSPS) is 21.3. The summed E-state index contributed by atoms with van der Waals surface area (Å²) in [4.78, 5) is 60.0. The second kappa shape index (κ2) is 14.1. The van der Waals surface area contributed by atoms with Gasteiger partial charge in [0.1, 0.15) is 18.4 Å². The first-order valence-electron chi connectivity index (χ1n) is 13.4. The number of nitrogens with zero attached hydrogens (tertiary/aromatic N) is 3. The maximum Gasteiger partial charge on any atom is 0.341 e. The lowest BCUT2D eigenvalue weighted by molar-refractivity contribution is -0.310. The monoisotopic (exact) mass is 617 g/mol. The summed E-state index contributed by atoms with van der Waals surface area (Å²) >= 11 is 0. The van der Waals surface area contributed by atoms with Gasteiger partial charge in [0.2, 0.25) is 0 Å². The van der Waals surface area contributed by atoms with Crippen LogP contribution >= 0.6 is 0 Å². The fourth-order valence-electron chi connectivity index (χ4n) is 4.58. The second-order valence-electron chi connectivity index (χ2n) is 9.72. The number of esters is 4. The van der Waals surface area contributed by atoms with Crippen molar-refractivity contribution in [3.05, 3.63) is 52.1 Å². The van der Waals surface area contributed by atoms with E-state index in [1.165, 1.54) is 24.9 Å². The van der Waals surface area contributed by atoms with Crippen molar-refractivity contribution in [1.29, 1.82) is 0 Å². The maximum atomic E-state index is 12.6. The fraction of sp³-hybridized carbons (Fsp3) is 0.464. The summed E-state index contributed by atoms with van der Waals surface area (Å²) in [6.45, 7) is 3.93. The van der Waals surface area contributed by atoms with Crippen LogP contribution in [0.2, 0.25) is 0 Å². The molecule has 0 amide bonds. The van der Waals surface area contributed by atoms with Crippen molar-refractivity contribution in [2.24, 2.45) is 0 Å². The molecule has 1 aromatic carbocycles. The summed E-state index contributed by atoms with van der Waals surface area (Å²) in [5.74, 6) is -2.50. The third-order valence-electron chi connectivity index (χ3n) is 6.28. The van der Waals surface area contributed by atoms with Crippen molar-refractivity contribution in [3.8, 4) is 5.75 Å². The molecule has 1 aliphatic rings. The van der Waals surface area contributed by atoms with Crippen molar-refractivity contribution in [2.75, 3.05) is 13.7 Å².